The lowest BCUT2D eigenvalue weighted by Crippen LogP contribution is -2.45. The van der Waals surface area contributed by atoms with Crippen LogP contribution in [0, 0.1) is 10.1 Å². The van der Waals surface area contributed by atoms with Crippen molar-refractivity contribution in [2.24, 2.45) is 0 Å². The van der Waals surface area contributed by atoms with Crippen LogP contribution in [0.1, 0.15) is 37.0 Å². The van der Waals surface area contributed by atoms with Gasteiger partial charge in [-0.15, -0.1) is 0 Å². The van der Waals surface area contributed by atoms with E-state index >= 15 is 0 Å². The first kappa shape index (κ1) is 15.2. The number of pyridine rings is 1. The molecule has 2 rings (SSSR count). The number of ether oxygens (including phenoxy) is 1. The van der Waals surface area contributed by atoms with Crippen molar-refractivity contribution >= 4 is 17.4 Å². The molecular weight excluding hydrogens is 276 g/mol. The van der Waals surface area contributed by atoms with E-state index in [1.807, 2.05) is 13.8 Å². The molecule has 0 bridgehead atoms. The van der Waals surface area contributed by atoms with E-state index in [0.29, 0.717) is 19.4 Å². The van der Waals surface area contributed by atoms with E-state index in [2.05, 4.69) is 10.3 Å². The van der Waals surface area contributed by atoms with Crippen LogP contribution in [0.5, 0.6) is 0 Å². The third kappa shape index (κ3) is 3.66. The molecule has 114 valence electrons. The molecule has 1 saturated heterocycles. The Bertz CT molecular complexity index is 573. The molecule has 0 radical (unpaired) electrons. The summed E-state index contributed by atoms with van der Waals surface area (Å²) in [5.41, 5.74) is 5.09. The van der Waals surface area contributed by atoms with Crippen molar-refractivity contribution < 1.29 is 14.5 Å². The summed E-state index contributed by atoms with van der Waals surface area (Å²) in [5, 5.41) is 13.6. The second-order valence-electron chi connectivity index (χ2n) is 5.65. The molecule has 1 aromatic rings. The Morgan fingerprint density at radius 3 is 2.95 bits per heavy atom. The summed E-state index contributed by atoms with van der Waals surface area (Å²) in [6.07, 6.45) is 2.39. The van der Waals surface area contributed by atoms with Gasteiger partial charge in [-0.1, -0.05) is 0 Å². The van der Waals surface area contributed by atoms with Crippen LogP contribution in [-0.4, -0.2) is 34.1 Å². The lowest BCUT2D eigenvalue weighted by molar-refractivity contribution is -0.385. The Kier molecular flexibility index (Phi) is 4.08. The summed E-state index contributed by atoms with van der Waals surface area (Å²) in [7, 11) is 0. The molecule has 1 amide bonds. The Hall–Kier alpha value is -2.22. The highest BCUT2D eigenvalue weighted by Gasteiger charge is 2.30. The Balaban J connectivity index is 2.13. The minimum atomic E-state index is -0.610. The summed E-state index contributed by atoms with van der Waals surface area (Å²) in [6, 6.07) is 1.09. The topological polar surface area (TPSA) is 120 Å². The van der Waals surface area contributed by atoms with Gasteiger partial charge in [-0.05, 0) is 26.7 Å². The smallest absolute Gasteiger partial charge is 0.288 e. The van der Waals surface area contributed by atoms with Gasteiger partial charge < -0.3 is 15.8 Å². The van der Waals surface area contributed by atoms with Gasteiger partial charge in [0.05, 0.1) is 16.1 Å². The molecule has 1 unspecified atom stereocenters. The van der Waals surface area contributed by atoms with Crippen LogP contribution in [0.25, 0.3) is 0 Å². The lowest BCUT2D eigenvalue weighted by Gasteiger charge is -2.35. The zero-order chi connectivity index (χ0) is 15.6. The SMILES string of the molecule is CC1(C)CC(NC(=O)c2cc([N+](=O)[O-])cnc2N)CCO1. The average molecular weight is 294 g/mol. The molecule has 0 saturated carbocycles. The molecule has 1 aromatic heterocycles. The first-order valence-corrected chi connectivity index (χ1v) is 6.63. The highest BCUT2D eigenvalue weighted by Crippen LogP contribution is 2.24. The monoisotopic (exact) mass is 294 g/mol. The molecule has 0 aliphatic carbocycles. The minimum absolute atomic E-state index is 0.0218. The quantitative estimate of drug-likeness (QED) is 0.639. The number of rotatable bonds is 3. The molecule has 2 heterocycles. The van der Waals surface area contributed by atoms with Crippen molar-refractivity contribution in [3.05, 3.63) is 27.9 Å². The Morgan fingerprint density at radius 1 is 1.62 bits per heavy atom. The predicted octanol–water partition coefficient (Wildman–Crippen LogP) is 1.26. The van der Waals surface area contributed by atoms with Gasteiger partial charge in [0.1, 0.15) is 12.0 Å². The number of anilines is 1. The van der Waals surface area contributed by atoms with Crippen LogP contribution in [0.4, 0.5) is 11.5 Å². The van der Waals surface area contributed by atoms with Crippen LogP contribution in [-0.2, 0) is 4.74 Å². The Morgan fingerprint density at radius 2 is 2.33 bits per heavy atom. The third-order valence-corrected chi connectivity index (χ3v) is 3.39. The van der Waals surface area contributed by atoms with E-state index in [1.165, 1.54) is 0 Å². The van der Waals surface area contributed by atoms with E-state index in [-0.39, 0.29) is 28.7 Å². The molecule has 3 N–H and O–H groups in total. The van der Waals surface area contributed by atoms with Gasteiger partial charge in [-0.2, -0.15) is 0 Å². The highest BCUT2D eigenvalue weighted by molar-refractivity contribution is 5.99. The molecule has 21 heavy (non-hydrogen) atoms. The number of hydrogen-bond acceptors (Lipinski definition) is 6. The molecule has 8 heteroatoms. The van der Waals surface area contributed by atoms with Gasteiger partial charge in [0.15, 0.2) is 0 Å². The summed E-state index contributed by atoms with van der Waals surface area (Å²) < 4.78 is 5.58. The number of nitrogens with two attached hydrogens (primary N) is 1. The fraction of sp³-hybridized carbons (Fsp3) is 0.538. The number of hydrogen-bond donors (Lipinski definition) is 2. The molecule has 0 aromatic carbocycles. The zero-order valence-electron chi connectivity index (χ0n) is 12.0. The molecule has 8 nitrogen and oxygen atoms in total. The fourth-order valence-electron chi connectivity index (χ4n) is 2.36. The molecule has 1 atom stereocenters. The van der Waals surface area contributed by atoms with E-state index in [4.69, 9.17) is 10.5 Å². The van der Waals surface area contributed by atoms with E-state index in [9.17, 15) is 14.9 Å². The van der Waals surface area contributed by atoms with E-state index in [1.54, 1.807) is 0 Å². The molecule has 1 aliphatic heterocycles. The standard InChI is InChI=1S/C13H18N4O4/c1-13(2)6-8(3-4-21-13)16-12(18)10-5-9(17(19)20)7-15-11(10)14/h5,7-8H,3-4,6H2,1-2H3,(H2,14,15)(H,16,18). The second kappa shape index (κ2) is 5.65. The molecular formula is C13H18N4O4. The zero-order valence-corrected chi connectivity index (χ0v) is 12.0. The number of aromatic nitrogens is 1. The summed E-state index contributed by atoms with van der Waals surface area (Å²) >= 11 is 0. The van der Waals surface area contributed by atoms with Crippen LogP contribution in [0.15, 0.2) is 12.3 Å². The number of nitrogens with one attached hydrogen (secondary N) is 1. The van der Waals surface area contributed by atoms with Gasteiger partial charge in [0.2, 0.25) is 0 Å². The maximum Gasteiger partial charge on any atom is 0.288 e. The van der Waals surface area contributed by atoms with Gasteiger partial charge in [-0.25, -0.2) is 4.98 Å². The first-order chi connectivity index (χ1) is 9.78. The second-order valence-corrected chi connectivity index (χ2v) is 5.65. The average Bonchev–Trinajstić information content (AvgIpc) is 2.37. The maximum atomic E-state index is 12.2. The largest absolute Gasteiger partial charge is 0.383 e. The van der Waals surface area contributed by atoms with Gasteiger partial charge >= 0.3 is 0 Å². The number of carbonyl (C=O) groups is 1. The van der Waals surface area contributed by atoms with Gasteiger partial charge in [0.25, 0.3) is 11.6 Å². The van der Waals surface area contributed by atoms with Gasteiger partial charge in [-0.3, -0.25) is 14.9 Å². The van der Waals surface area contributed by atoms with E-state index < -0.39 is 10.8 Å². The summed E-state index contributed by atoms with van der Waals surface area (Å²) in [5.74, 6) is -0.476. The summed E-state index contributed by atoms with van der Waals surface area (Å²) in [6.45, 7) is 4.46. The van der Waals surface area contributed by atoms with Crippen LogP contribution in [0.2, 0.25) is 0 Å². The lowest BCUT2D eigenvalue weighted by atomic mass is 9.94. The third-order valence-electron chi connectivity index (χ3n) is 3.39. The van der Waals surface area contributed by atoms with Crippen LogP contribution in [0.3, 0.4) is 0 Å². The number of nitrogen functional groups attached to an aromatic ring is 1. The molecule has 1 fully saturated rings. The Labute approximate surface area is 121 Å². The van der Waals surface area contributed by atoms with Crippen molar-refractivity contribution in [1.82, 2.24) is 10.3 Å². The van der Waals surface area contributed by atoms with Gasteiger partial charge in [0, 0.05) is 18.7 Å². The van der Waals surface area contributed by atoms with Crippen molar-refractivity contribution in [2.45, 2.75) is 38.3 Å². The van der Waals surface area contributed by atoms with Crippen LogP contribution < -0.4 is 11.1 Å². The molecule has 0 spiro atoms. The van der Waals surface area contributed by atoms with Crippen molar-refractivity contribution in [1.29, 1.82) is 0 Å². The minimum Gasteiger partial charge on any atom is -0.383 e. The van der Waals surface area contributed by atoms with Crippen molar-refractivity contribution in [2.75, 3.05) is 12.3 Å². The number of amides is 1. The normalized spacial score (nSPS) is 20.8. The first-order valence-electron chi connectivity index (χ1n) is 6.63. The maximum absolute atomic E-state index is 12.2. The number of nitrogens with zero attached hydrogens (tertiary/aromatic N) is 2. The van der Waals surface area contributed by atoms with Crippen LogP contribution >= 0.6 is 0 Å². The predicted molar refractivity (Wildman–Crippen MR) is 75.8 cm³/mol. The molecule has 1 aliphatic rings. The van der Waals surface area contributed by atoms with Crippen molar-refractivity contribution in [3.63, 3.8) is 0 Å². The van der Waals surface area contributed by atoms with E-state index in [0.717, 1.165) is 12.3 Å². The number of carbonyl (C=O) groups excluding carboxylic acids is 1. The highest BCUT2D eigenvalue weighted by atomic mass is 16.6. The fourth-order valence-corrected chi connectivity index (χ4v) is 2.36. The summed E-state index contributed by atoms with van der Waals surface area (Å²) in [4.78, 5) is 26.0. The number of nitro groups is 1. The van der Waals surface area contributed by atoms with Crippen molar-refractivity contribution in [3.8, 4) is 0 Å².